The Balaban J connectivity index is 1.82. The molecule has 0 aromatic rings. The van der Waals surface area contributed by atoms with Crippen LogP contribution in [-0.4, -0.2) is 34.6 Å². The van der Waals surface area contributed by atoms with Gasteiger partial charge in [-0.1, -0.05) is 63.6 Å². The Morgan fingerprint density at radius 3 is 2.71 bits per heavy atom. The van der Waals surface area contributed by atoms with E-state index in [2.05, 4.69) is 64.3 Å². The summed E-state index contributed by atoms with van der Waals surface area (Å²) in [4.78, 5) is 14.1. The molecule has 192 valence electrons. The quantitative estimate of drug-likeness (QED) is 0.386. The van der Waals surface area contributed by atoms with E-state index in [0.29, 0.717) is 24.4 Å². The van der Waals surface area contributed by atoms with Gasteiger partial charge in [-0.2, -0.15) is 5.26 Å². The summed E-state index contributed by atoms with van der Waals surface area (Å²) in [6.45, 7) is 17.1. The van der Waals surface area contributed by atoms with Gasteiger partial charge in [0.1, 0.15) is 5.92 Å². The molecule has 4 heteroatoms. The monoisotopic (exact) mass is 478 g/mol. The van der Waals surface area contributed by atoms with E-state index in [1.165, 1.54) is 29.6 Å². The third-order valence-corrected chi connectivity index (χ3v) is 8.61. The molecule has 1 saturated heterocycles. The lowest BCUT2D eigenvalue weighted by Crippen LogP contribution is -2.49. The number of piperidine rings is 1. The zero-order valence-corrected chi connectivity index (χ0v) is 22.6. The molecule has 0 aromatic heterocycles. The number of rotatable bonds is 7. The predicted molar refractivity (Wildman–Crippen MR) is 144 cm³/mol. The number of carbonyl (C=O) groups is 1. The van der Waals surface area contributed by atoms with Crippen molar-refractivity contribution in [2.75, 3.05) is 6.54 Å². The van der Waals surface area contributed by atoms with Crippen LogP contribution >= 0.6 is 0 Å². The van der Waals surface area contributed by atoms with Gasteiger partial charge in [0.05, 0.1) is 6.07 Å². The van der Waals surface area contributed by atoms with Crippen LogP contribution in [0.15, 0.2) is 47.1 Å². The van der Waals surface area contributed by atoms with Gasteiger partial charge < -0.3 is 5.11 Å². The largest absolute Gasteiger partial charge is 0.480 e. The van der Waals surface area contributed by atoms with E-state index in [1.807, 2.05) is 6.07 Å². The maximum absolute atomic E-state index is 11.4. The van der Waals surface area contributed by atoms with Gasteiger partial charge in [-0.15, -0.1) is 0 Å². The van der Waals surface area contributed by atoms with Gasteiger partial charge in [0.25, 0.3) is 0 Å². The number of carboxylic acid groups (broad SMARTS) is 1. The first-order valence-electron chi connectivity index (χ1n) is 13.7. The zero-order valence-electron chi connectivity index (χ0n) is 22.6. The number of hydrogen-bond donors (Lipinski definition) is 1. The molecule has 4 atom stereocenters. The first-order chi connectivity index (χ1) is 16.6. The molecule has 35 heavy (non-hydrogen) atoms. The average molecular weight is 479 g/mol. The molecule has 2 aliphatic carbocycles. The number of likely N-dealkylation sites (tertiary alicyclic amines) is 1. The number of hydrogen-bond acceptors (Lipinski definition) is 3. The minimum atomic E-state index is -0.988. The molecule has 1 heterocycles. The topological polar surface area (TPSA) is 64.3 Å². The van der Waals surface area contributed by atoms with Gasteiger partial charge in [0.15, 0.2) is 0 Å². The molecule has 0 saturated carbocycles. The highest BCUT2D eigenvalue weighted by atomic mass is 16.4. The minimum Gasteiger partial charge on any atom is -0.480 e. The lowest BCUT2D eigenvalue weighted by molar-refractivity contribution is -0.140. The number of nitrogens with zero attached hydrogens (tertiary/aromatic N) is 2. The molecule has 1 aliphatic heterocycles. The third kappa shape index (κ3) is 6.56. The average Bonchev–Trinajstić information content (AvgIpc) is 2.85. The van der Waals surface area contributed by atoms with Crippen LogP contribution in [0, 0.1) is 34.5 Å². The minimum absolute atomic E-state index is 0.140. The Labute approximate surface area is 213 Å². The molecular formula is C31H46N2O2. The Hall–Kier alpha value is -2.12. The second-order valence-corrected chi connectivity index (χ2v) is 12.1. The third-order valence-electron chi connectivity index (χ3n) is 8.61. The van der Waals surface area contributed by atoms with E-state index in [-0.39, 0.29) is 11.3 Å². The summed E-state index contributed by atoms with van der Waals surface area (Å²) in [5.41, 5.74) is 5.90. The Morgan fingerprint density at radius 1 is 1.34 bits per heavy atom. The van der Waals surface area contributed by atoms with Gasteiger partial charge in [0.2, 0.25) is 0 Å². The smallest absolute Gasteiger partial charge is 0.320 e. The number of fused-ring (bicyclic) bond motifs is 1. The molecule has 4 nitrogen and oxygen atoms in total. The van der Waals surface area contributed by atoms with Gasteiger partial charge in [-0.25, -0.2) is 0 Å². The highest BCUT2D eigenvalue weighted by Gasteiger charge is 2.37. The van der Waals surface area contributed by atoms with E-state index < -0.39 is 11.9 Å². The van der Waals surface area contributed by atoms with Crippen molar-refractivity contribution in [2.24, 2.45) is 23.2 Å². The Kier molecular flexibility index (Phi) is 9.22. The lowest BCUT2D eigenvalue weighted by atomic mass is 9.73. The van der Waals surface area contributed by atoms with Gasteiger partial charge in [0, 0.05) is 12.1 Å². The summed E-state index contributed by atoms with van der Waals surface area (Å²) in [5, 5.41) is 18.6. The van der Waals surface area contributed by atoms with E-state index in [4.69, 9.17) is 0 Å². The van der Waals surface area contributed by atoms with Crippen molar-refractivity contribution in [3.05, 3.63) is 47.1 Å². The molecule has 0 radical (unpaired) electrons. The van der Waals surface area contributed by atoms with E-state index in [0.717, 1.165) is 45.1 Å². The lowest BCUT2D eigenvalue weighted by Gasteiger charge is -2.46. The fourth-order valence-corrected chi connectivity index (χ4v) is 6.64. The number of carboxylic acids is 1. The first-order valence-corrected chi connectivity index (χ1v) is 13.7. The van der Waals surface area contributed by atoms with Gasteiger partial charge >= 0.3 is 5.97 Å². The van der Waals surface area contributed by atoms with Crippen LogP contribution in [-0.2, 0) is 4.79 Å². The summed E-state index contributed by atoms with van der Waals surface area (Å²) in [6, 6.07) is 2.96. The molecule has 0 bridgehead atoms. The molecule has 3 aliphatic rings. The molecular weight excluding hydrogens is 432 g/mol. The van der Waals surface area contributed by atoms with Crippen molar-refractivity contribution in [1.29, 1.82) is 5.26 Å². The van der Waals surface area contributed by atoms with Crippen LogP contribution in [0.25, 0.3) is 0 Å². The van der Waals surface area contributed by atoms with E-state index >= 15 is 0 Å². The second kappa shape index (κ2) is 11.7. The van der Waals surface area contributed by atoms with Crippen LogP contribution in [0.2, 0.25) is 0 Å². The normalized spacial score (nSPS) is 28.5. The van der Waals surface area contributed by atoms with Gasteiger partial charge in [-0.05, 0) is 99.7 Å². The number of allylic oxidation sites excluding steroid dienone is 5. The summed E-state index contributed by atoms with van der Waals surface area (Å²) in [7, 11) is 0. The second-order valence-electron chi connectivity index (χ2n) is 12.1. The number of aliphatic carboxylic acids is 1. The summed E-state index contributed by atoms with van der Waals surface area (Å²) in [5.74, 6) is -1.06. The standard InChI is InChI=1S/C31H46N2O2/c1-7-27-22(4)10-12-26(14-15-31(5,6)28(27)17-21(2)3)33-16-8-9-24-18-23(11-13-29(24)33)19-25(20-32)30(34)35/h7,10,18,21,23,25-26,29H,1,8-9,11-17,19H2,2-6H3,(H,34,35)/t23?,25-,26?,29?/m0/s1. The van der Waals surface area contributed by atoms with Crippen LogP contribution < -0.4 is 0 Å². The SMILES string of the molecule is C=CC1=C(CC(C)C)C(C)(C)CCC(N2CCCC3=CC(C[C@@H](C#N)C(=O)O)CCC32)CC=C1C. The molecule has 3 rings (SSSR count). The maximum atomic E-state index is 11.4. The van der Waals surface area contributed by atoms with Crippen LogP contribution in [0.3, 0.4) is 0 Å². The fraction of sp³-hybridized carbons (Fsp3) is 0.677. The van der Waals surface area contributed by atoms with Crippen molar-refractivity contribution >= 4 is 5.97 Å². The summed E-state index contributed by atoms with van der Waals surface area (Å²) >= 11 is 0. The Morgan fingerprint density at radius 2 is 2.09 bits per heavy atom. The predicted octanol–water partition coefficient (Wildman–Crippen LogP) is 7.46. The van der Waals surface area contributed by atoms with Crippen molar-refractivity contribution < 1.29 is 9.90 Å². The highest BCUT2D eigenvalue weighted by Crippen LogP contribution is 2.43. The van der Waals surface area contributed by atoms with Crippen LogP contribution in [0.1, 0.15) is 92.4 Å². The van der Waals surface area contributed by atoms with Crippen molar-refractivity contribution in [2.45, 2.75) is 104 Å². The molecule has 1 fully saturated rings. The molecule has 1 N–H and O–H groups in total. The molecule has 0 aromatic carbocycles. The first kappa shape index (κ1) is 27.5. The number of nitriles is 1. The summed E-state index contributed by atoms with van der Waals surface area (Å²) in [6.07, 6.45) is 16.2. The van der Waals surface area contributed by atoms with E-state index in [1.54, 1.807) is 5.57 Å². The van der Waals surface area contributed by atoms with Crippen LogP contribution in [0.5, 0.6) is 0 Å². The van der Waals surface area contributed by atoms with Gasteiger partial charge in [-0.3, -0.25) is 9.69 Å². The molecule has 0 amide bonds. The summed E-state index contributed by atoms with van der Waals surface area (Å²) < 4.78 is 0. The van der Waals surface area contributed by atoms with Crippen molar-refractivity contribution in [1.82, 2.24) is 4.90 Å². The molecule has 3 unspecified atom stereocenters. The Bertz CT molecular complexity index is 930. The van der Waals surface area contributed by atoms with E-state index in [9.17, 15) is 15.2 Å². The van der Waals surface area contributed by atoms with Crippen molar-refractivity contribution in [3.8, 4) is 6.07 Å². The molecule has 0 spiro atoms. The van der Waals surface area contributed by atoms with Crippen LogP contribution in [0.4, 0.5) is 0 Å². The maximum Gasteiger partial charge on any atom is 0.320 e. The van der Waals surface area contributed by atoms with Crippen molar-refractivity contribution in [3.63, 3.8) is 0 Å². The highest BCUT2D eigenvalue weighted by molar-refractivity contribution is 5.72. The zero-order chi connectivity index (χ0) is 25.8. The fourth-order valence-electron chi connectivity index (χ4n) is 6.64.